The smallest absolute Gasteiger partial charge is 0.166 e. The Balaban J connectivity index is 1.69. The van der Waals surface area contributed by atoms with E-state index in [1.807, 2.05) is 67.7 Å². The molecule has 144 valence electrons. The molecular formula is C24H25NO3. The van der Waals surface area contributed by atoms with Gasteiger partial charge in [0, 0.05) is 12.1 Å². The van der Waals surface area contributed by atoms with Gasteiger partial charge in [0.25, 0.3) is 0 Å². The Bertz CT molecular complexity index is 927. The maximum absolute atomic E-state index is 11.2. The summed E-state index contributed by atoms with van der Waals surface area (Å²) >= 11 is 0. The number of aliphatic hydroxyl groups excluding tert-OH is 1. The van der Waals surface area contributed by atoms with E-state index in [4.69, 9.17) is 9.47 Å². The summed E-state index contributed by atoms with van der Waals surface area (Å²) in [5.41, 5.74) is 4.08. The minimum absolute atomic E-state index is 0.0935. The molecule has 2 atom stereocenters. The molecule has 0 aromatic heterocycles. The zero-order valence-corrected chi connectivity index (χ0v) is 16.2. The number of aliphatic hydroxyl groups is 1. The van der Waals surface area contributed by atoms with Gasteiger partial charge in [0.1, 0.15) is 6.61 Å². The summed E-state index contributed by atoms with van der Waals surface area (Å²) in [4.78, 5) is 2.16. The summed E-state index contributed by atoms with van der Waals surface area (Å²) in [6.07, 6.45) is -0.638. The second-order valence-corrected chi connectivity index (χ2v) is 7.15. The van der Waals surface area contributed by atoms with Crippen molar-refractivity contribution in [1.29, 1.82) is 0 Å². The minimum Gasteiger partial charge on any atom is -0.493 e. The number of benzene rings is 3. The van der Waals surface area contributed by atoms with E-state index in [9.17, 15) is 5.11 Å². The van der Waals surface area contributed by atoms with Crippen LogP contribution in [0.3, 0.4) is 0 Å². The fourth-order valence-corrected chi connectivity index (χ4v) is 3.96. The van der Waals surface area contributed by atoms with Crippen molar-refractivity contribution in [2.45, 2.75) is 25.3 Å². The first-order valence-corrected chi connectivity index (χ1v) is 9.48. The molecule has 4 heteroatoms. The van der Waals surface area contributed by atoms with Gasteiger partial charge in [-0.2, -0.15) is 0 Å². The fourth-order valence-electron chi connectivity index (χ4n) is 3.96. The van der Waals surface area contributed by atoms with Gasteiger partial charge < -0.3 is 14.6 Å². The Kier molecular flexibility index (Phi) is 5.33. The number of rotatable bonds is 5. The van der Waals surface area contributed by atoms with Crippen LogP contribution in [0.2, 0.25) is 0 Å². The lowest BCUT2D eigenvalue weighted by Crippen LogP contribution is -2.34. The second-order valence-electron chi connectivity index (χ2n) is 7.15. The third kappa shape index (κ3) is 3.49. The molecule has 0 amide bonds. The first kappa shape index (κ1) is 18.5. The quantitative estimate of drug-likeness (QED) is 0.713. The molecule has 1 aliphatic heterocycles. The van der Waals surface area contributed by atoms with Crippen LogP contribution < -0.4 is 9.47 Å². The molecule has 0 aliphatic carbocycles. The van der Waals surface area contributed by atoms with E-state index in [-0.39, 0.29) is 6.04 Å². The van der Waals surface area contributed by atoms with Crippen molar-refractivity contribution < 1.29 is 14.6 Å². The lowest BCUT2D eigenvalue weighted by atomic mass is 9.87. The van der Waals surface area contributed by atoms with Crippen LogP contribution in [0.5, 0.6) is 11.5 Å². The number of likely N-dealkylation sites (N-methyl/N-ethyl adjacent to an activating group) is 1. The molecule has 28 heavy (non-hydrogen) atoms. The minimum atomic E-state index is -0.638. The van der Waals surface area contributed by atoms with Crippen molar-refractivity contribution in [2.24, 2.45) is 0 Å². The molecule has 0 bridgehead atoms. The Hall–Kier alpha value is -2.82. The molecule has 0 spiro atoms. The van der Waals surface area contributed by atoms with Gasteiger partial charge in [-0.05, 0) is 29.8 Å². The van der Waals surface area contributed by atoms with Gasteiger partial charge >= 0.3 is 0 Å². The summed E-state index contributed by atoms with van der Waals surface area (Å²) in [5, 5.41) is 11.2. The van der Waals surface area contributed by atoms with Gasteiger partial charge in [0.15, 0.2) is 11.5 Å². The maximum atomic E-state index is 11.2. The average Bonchev–Trinajstić information content (AvgIpc) is 2.73. The van der Waals surface area contributed by atoms with Gasteiger partial charge in [-0.25, -0.2) is 0 Å². The fraction of sp³-hybridized carbons (Fsp3) is 0.250. The molecular weight excluding hydrogens is 350 g/mol. The highest BCUT2D eigenvalue weighted by Gasteiger charge is 2.35. The molecule has 0 radical (unpaired) electrons. The van der Waals surface area contributed by atoms with Crippen LogP contribution in [0.15, 0.2) is 72.8 Å². The van der Waals surface area contributed by atoms with Crippen LogP contribution >= 0.6 is 0 Å². The number of hydrogen-bond donors (Lipinski definition) is 1. The summed E-state index contributed by atoms with van der Waals surface area (Å²) in [5.74, 6) is 1.40. The highest BCUT2D eigenvalue weighted by atomic mass is 16.5. The standard InChI is InChI=1S/C24H25NO3/c1-25-15-20-19(23(26)22(25)18-11-7-4-8-12-18)13-14-21(27-2)24(20)28-16-17-9-5-3-6-10-17/h3-14,22-23,26H,15-16H2,1-2H3/t22-,23-/m0/s1. The van der Waals surface area contributed by atoms with Crippen LogP contribution in [-0.2, 0) is 13.2 Å². The van der Waals surface area contributed by atoms with Gasteiger partial charge in [-0.1, -0.05) is 66.7 Å². The predicted molar refractivity (Wildman–Crippen MR) is 109 cm³/mol. The molecule has 0 unspecified atom stereocenters. The average molecular weight is 375 g/mol. The van der Waals surface area contributed by atoms with Crippen LogP contribution in [0.4, 0.5) is 0 Å². The third-order valence-corrected chi connectivity index (χ3v) is 5.35. The van der Waals surface area contributed by atoms with E-state index in [1.165, 1.54) is 0 Å². The van der Waals surface area contributed by atoms with E-state index in [0.717, 1.165) is 22.3 Å². The molecule has 1 N–H and O–H groups in total. The van der Waals surface area contributed by atoms with Gasteiger partial charge in [0.2, 0.25) is 0 Å². The number of ether oxygens (including phenoxy) is 2. The Morgan fingerprint density at radius 1 is 0.964 bits per heavy atom. The summed E-state index contributed by atoms with van der Waals surface area (Å²) in [7, 11) is 3.68. The zero-order valence-electron chi connectivity index (χ0n) is 16.2. The van der Waals surface area contributed by atoms with E-state index in [0.29, 0.717) is 24.7 Å². The second kappa shape index (κ2) is 8.05. The molecule has 4 rings (SSSR count). The van der Waals surface area contributed by atoms with Crippen molar-refractivity contribution in [2.75, 3.05) is 14.2 Å². The highest BCUT2D eigenvalue weighted by Crippen LogP contribution is 2.46. The zero-order chi connectivity index (χ0) is 19.5. The van der Waals surface area contributed by atoms with E-state index in [1.54, 1.807) is 7.11 Å². The summed E-state index contributed by atoms with van der Waals surface area (Å²) in [6.45, 7) is 1.13. The maximum Gasteiger partial charge on any atom is 0.166 e. The Labute approximate surface area is 166 Å². The molecule has 4 nitrogen and oxygen atoms in total. The van der Waals surface area contributed by atoms with E-state index < -0.39 is 6.10 Å². The lowest BCUT2D eigenvalue weighted by Gasteiger charge is -2.39. The third-order valence-electron chi connectivity index (χ3n) is 5.35. The Morgan fingerprint density at radius 3 is 2.32 bits per heavy atom. The summed E-state index contributed by atoms with van der Waals surface area (Å²) < 4.78 is 11.7. The first-order valence-electron chi connectivity index (χ1n) is 9.48. The number of methoxy groups -OCH3 is 1. The normalized spacial score (nSPS) is 19.1. The molecule has 0 saturated carbocycles. The number of nitrogens with zero attached hydrogens (tertiary/aromatic N) is 1. The molecule has 3 aromatic carbocycles. The van der Waals surface area contributed by atoms with E-state index >= 15 is 0 Å². The van der Waals surface area contributed by atoms with Crippen molar-refractivity contribution in [3.8, 4) is 11.5 Å². The summed E-state index contributed by atoms with van der Waals surface area (Å²) in [6, 6.07) is 23.9. The molecule has 1 aliphatic rings. The largest absolute Gasteiger partial charge is 0.493 e. The van der Waals surface area contributed by atoms with Crippen LogP contribution in [-0.4, -0.2) is 24.2 Å². The number of fused-ring (bicyclic) bond motifs is 1. The predicted octanol–water partition coefficient (Wildman–Crippen LogP) is 4.49. The van der Waals surface area contributed by atoms with Crippen molar-refractivity contribution >= 4 is 0 Å². The van der Waals surface area contributed by atoms with Crippen molar-refractivity contribution in [1.82, 2.24) is 4.90 Å². The lowest BCUT2D eigenvalue weighted by molar-refractivity contribution is 0.0409. The van der Waals surface area contributed by atoms with Crippen molar-refractivity contribution in [3.63, 3.8) is 0 Å². The van der Waals surface area contributed by atoms with Crippen LogP contribution in [0.1, 0.15) is 34.4 Å². The topological polar surface area (TPSA) is 41.9 Å². The SMILES string of the molecule is COc1ccc2c(c1OCc1ccccc1)CN(C)[C@@H](c1ccccc1)[C@H]2O. The molecule has 0 saturated heterocycles. The molecule has 0 fully saturated rings. The van der Waals surface area contributed by atoms with Gasteiger partial charge in [-0.3, -0.25) is 4.90 Å². The molecule has 3 aromatic rings. The van der Waals surface area contributed by atoms with E-state index in [2.05, 4.69) is 17.0 Å². The van der Waals surface area contributed by atoms with Crippen molar-refractivity contribution in [3.05, 3.63) is 95.1 Å². The highest BCUT2D eigenvalue weighted by molar-refractivity contribution is 5.53. The molecule has 1 heterocycles. The Morgan fingerprint density at radius 2 is 1.64 bits per heavy atom. The number of hydrogen-bond acceptors (Lipinski definition) is 4. The van der Waals surface area contributed by atoms with Crippen LogP contribution in [0.25, 0.3) is 0 Å². The first-order chi connectivity index (χ1) is 13.7. The van der Waals surface area contributed by atoms with Gasteiger partial charge in [-0.15, -0.1) is 0 Å². The van der Waals surface area contributed by atoms with Crippen LogP contribution in [0, 0.1) is 0 Å². The monoisotopic (exact) mass is 375 g/mol. The van der Waals surface area contributed by atoms with Gasteiger partial charge in [0.05, 0.1) is 19.3 Å².